The summed E-state index contributed by atoms with van der Waals surface area (Å²) in [5.41, 5.74) is -0.914. The minimum atomic E-state index is -1.10. The number of benzene rings is 1. The number of ketones is 2. The number of carbonyl (C=O) groups is 2. The van der Waals surface area contributed by atoms with E-state index in [1.165, 1.54) is 0 Å². The van der Waals surface area contributed by atoms with Crippen LogP contribution in [0, 0.1) is 11.8 Å². The minimum Gasteiger partial charge on any atom is -0.478 e. The Morgan fingerprint density at radius 2 is 2.13 bits per heavy atom. The van der Waals surface area contributed by atoms with Crippen molar-refractivity contribution in [1.29, 1.82) is 0 Å². The smallest absolute Gasteiger partial charge is 0.196 e. The molecular formula is C19H16O4. The number of hydrogen-bond donors (Lipinski definition) is 0. The monoisotopic (exact) mass is 308 g/mol. The summed E-state index contributed by atoms with van der Waals surface area (Å²) in [6.07, 6.45) is 4.58. The van der Waals surface area contributed by atoms with E-state index in [0.717, 1.165) is 0 Å². The molecule has 2 fully saturated rings. The molecule has 2 heterocycles. The quantitative estimate of drug-likeness (QED) is 0.788. The number of Topliss-reactive ketones (excluding diaryl/α,β-unsaturated/α-hetero) is 2. The van der Waals surface area contributed by atoms with Crippen molar-refractivity contribution in [1.82, 2.24) is 0 Å². The molecule has 1 aromatic rings. The summed E-state index contributed by atoms with van der Waals surface area (Å²) >= 11 is 0. The summed E-state index contributed by atoms with van der Waals surface area (Å²) in [6.45, 7) is 4.24. The van der Waals surface area contributed by atoms with Crippen LogP contribution in [0.4, 0.5) is 0 Å². The van der Waals surface area contributed by atoms with Gasteiger partial charge in [-0.25, -0.2) is 0 Å². The maximum atomic E-state index is 13.1. The first kappa shape index (κ1) is 13.3. The van der Waals surface area contributed by atoms with Gasteiger partial charge in [-0.15, -0.1) is 6.58 Å². The van der Waals surface area contributed by atoms with Gasteiger partial charge in [0, 0.05) is 23.8 Å². The van der Waals surface area contributed by atoms with Crippen LogP contribution >= 0.6 is 0 Å². The zero-order valence-electron chi connectivity index (χ0n) is 12.6. The number of para-hydroxylation sites is 1. The van der Waals surface area contributed by atoms with Crippen molar-refractivity contribution >= 4 is 11.6 Å². The van der Waals surface area contributed by atoms with Crippen LogP contribution in [0.5, 0.6) is 5.75 Å². The summed E-state index contributed by atoms with van der Waals surface area (Å²) in [5.74, 6) is 0.321. The molecule has 4 atom stereocenters. The van der Waals surface area contributed by atoms with Crippen molar-refractivity contribution in [3.8, 4) is 5.75 Å². The number of fused-ring (bicyclic) bond motifs is 1. The summed E-state index contributed by atoms with van der Waals surface area (Å²) in [4.78, 5) is 26.1. The van der Waals surface area contributed by atoms with Gasteiger partial charge in [0.15, 0.2) is 22.8 Å². The van der Waals surface area contributed by atoms with Crippen molar-refractivity contribution in [2.75, 3.05) is 6.61 Å². The molecule has 0 amide bonds. The third-order valence-corrected chi connectivity index (χ3v) is 5.83. The molecule has 4 heteroatoms. The van der Waals surface area contributed by atoms with E-state index in [1.807, 2.05) is 18.2 Å². The zero-order chi connectivity index (χ0) is 15.8. The van der Waals surface area contributed by atoms with Crippen LogP contribution in [-0.4, -0.2) is 29.4 Å². The maximum Gasteiger partial charge on any atom is 0.196 e. The average Bonchev–Trinajstić information content (AvgIpc) is 2.81. The Morgan fingerprint density at radius 1 is 1.30 bits per heavy atom. The molecule has 116 valence electrons. The van der Waals surface area contributed by atoms with Gasteiger partial charge in [0.05, 0.1) is 12.2 Å². The zero-order valence-corrected chi connectivity index (χ0v) is 12.6. The van der Waals surface area contributed by atoms with Crippen LogP contribution in [0.2, 0.25) is 0 Å². The maximum absolute atomic E-state index is 13.1. The first-order valence-corrected chi connectivity index (χ1v) is 7.98. The van der Waals surface area contributed by atoms with Crippen LogP contribution in [0.15, 0.2) is 48.6 Å². The van der Waals surface area contributed by atoms with Gasteiger partial charge in [-0.05, 0) is 18.6 Å². The number of allylic oxidation sites excluding steroid dienone is 1. The highest BCUT2D eigenvalue weighted by Gasteiger charge is 2.76. The fraction of sp³-hybridized carbons (Fsp3) is 0.368. The second kappa shape index (κ2) is 4.01. The topological polar surface area (TPSA) is 52.6 Å². The number of rotatable bonds is 2. The van der Waals surface area contributed by atoms with Gasteiger partial charge in [-0.1, -0.05) is 24.3 Å². The summed E-state index contributed by atoms with van der Waals surface area (Å²) in [7, 11) is 0. The lowest BCUT2D eigenvalue weighted by Crippen LogP contribution is -2.71. The third kappa shape index (κ3) is 1.25. The molecule has 1 unspecified atom stereocenters. The van der Waals surface area contributed by atoms with Crippen LogP contribution in [0.1, 0.15) is 23.2 Å². The van der Waals surface area contributed by atoms with Crippen molar-refractivity contribution in [3.63, 3.8) is 0 Å². The van der Waals surface area contributed by atoms with Crippen LogP contribution in [0.3, 0.4) is 0 Å². The van der Waals surface area contributed by atoms with E-state index in [2.05, 4.69) is 6.58 Å². The van der Waals surface area contributed by atoms with Crippen molar-refractivity contribution in [3.05, 3.63) is 54.1 Å². The standard InChI is InChI=1S/C19H16O4/c1-2-7-18-17(21)11-8-12(10-22-18)19(18)14(9-11)16(20)13-5-3-4-6-15(13)23-19/h2-6,9,11-12H,1,7-8,10H2/t11-,12?,18+,19+/m1/s1. The molecule has 3 aliphatic carbocycles. The highest BCUT2D eigenvalue weighted by molar-refractivity contribution is 6.16. The van der Waals surface area contributed by atoms with Crippen LogP contribution < -0.4 is 4.74 Å². The lowest BCUT2D eigenvalue weighted by Gasteiger charge is -2.55. The Bertz CT molecular complexity index is 807. The lowest BCUT2D eigenvalue weighted by molar-refractivity contribution is -0.165. The van der Waals surface area contributed by atoms with Crippen LogP contribution in [0.25, 0.3) is 0 Å². The summed E-state index contributed by atoms with van der Waals surface area (Å²) in [6, 6.07) is 7.25. The van der Waals surface area contributed by atoms with E-state index >= 15 is 0 Å². The van der Waals surface area contributed by atoms with Gasteiger partial charge >= 0.3 is 0 Å². The van der Waals surface area contributed by atoms with E-state index in [9.17, 15) is 9.59 Å². The van der Waals surface area contributed by atoms with Crippen molar-refractivity contribution in [2.45, 2.75) is 24.0 Å². The Morgan fingerprint density at radius 3 is 2.96 bits per heavy atom. The Kier molecular flexibility index (Phi) is 2.31. The molecule has 0 radical (unpaired) electrons. The molecule has 0 aromatic heterocycles. The number of ether oxygens (including phenoxy) is 2. The number of hydrogen-bond acceptors (Lipinski definition) is 4. The SMILES string of the molecule is C=CC[C@@]12OCC3C[C@H](C=C4C(=O)c5ccccc5O[C@]431)C2=O. The van der Waals surface area contributed by atoms with Gasteiger partial charge in [-0.2, -0.15) is 0 Å². The number of carbonyl (C=O) groups excluding carboxylic acids is 2. The van der Waals surface area contributed by atoms with Gasteiger partial charge in [0.1, 0.15) is 5.75 Å². The molecule has 1 saturated carbocycles. The van der Waals surface area contributed by atoms with Crippen LogP contribution in [-0.2, 0) is 9.53 Å². The second-order valence-electron chi connectivity index (χ2n) is 6.78. The van der Waals surface area contributed by atoms with E-state index < -0.39 is 11.2 Å². The van der Waals surface area contributed by atoms with Gasteiger partial charge in [0.25, 0.3) is 0 Å². The summed E-state index contributed by atoms with van der Waals surface area (Å²) < 4.78 is 12.4. The van der Waals surface area contributed by atoms with Gasteiger partial charge < -0.3 is 9.47 Å². The normalized spacial score (nSPS) is 39.4. The van der Waals surface area contributed by atoms with Crippen molar-refractivity contribution in [2.24, 2.45) is 11.8 Å². The molecule has 4 nitrogen and oxygen atoms in total. The molecule has 1 aromatic carbocycles. The van der Waals surface area contributed by atoms with Gasteiger partial charge in [-0.3, -0.25) is 9.59 Å². The van der Waals surface area contributed by atoms with E-state index in [4.69, 9.17) is 9.47 Å². The molecule has 1 saturated heterocycles. The highest BCUT2D eigenvalue weighted by atomic mass is 16.6. The Balaban J connectivity index is 1.82. The molecule has 2 aliphatic heterocycles. The largest absolute Gasteiger partial charge is 0.478 e. The Labute approximate surface area is 133 Å². The first-order chi connectivity index (χ1) is 11.1. The fourth-order valence-electron chi connectivity index (χ4n) is 4.95. The van der Waals surface area contributed by atoms with E-state index in [1.54, 1.807) is 18.2 Å². The molecule has 1 spiro atoms. The molecule has 6 rings (SSSR count). The van der Waals surface area contributed by atoms with E-state index in [-0.39, 0.29) is 23.4 Å². The molecule has 0 N–H and O–H groups in total. The minimum absolute atomic E-state index is 0.0297. The second-order valence-corrected chi connectivity index (χ2v) is 6.78. The summed E-state index contributed by atoms with van der Waals surface area (Å²) in [5, 5.41) is 0. The molecular weight excluding hydrogens is 292 g/mol. The predicted octanol–water partition coefficient (Wildman–Crippen LogP) is 2.49. The Hall–Kier alpha value is -2.20. The first-order valence-electron chi connectivity index (χ1n) is 7.98. The van der Waals surface area contributed by atoms with E-state index in [0.29, 0.717) is 36.3 Å². The third-order valence-electron chi connectivity index (χ3n) is 5.83. The van der Waals surface area contributed by atoms with Crippen molar-refractivity contribution < 1.29 is 19.1 Å². The fourth-order valence-corrected chi connectivity index (χ4v) is 4.95. The molecule has 23 heavy (non-hydrogen) atoms. The predicted molar refractivity (Wildman–Crippen MR) is 82.3 cm³/mol. The average molecular weight is 308 g/mol. The highest BCUT2D eigenvalue weighted by Crippen LogP contribution is 2.62. The van der Waals surface area contributed by atoms with Gasteiger partial charge in [0.2, 0.25) is 0 Å². The lowest BCUT2D eigenvalue weighted by atomic mass is 9.53. The molecule has 4 bridgehead atoms. The molecule has 5 aliphatic rings.